The van der Waals surface area contributed by atoms with Crippen LogP contribution in [0.1, 0.15) is 47.1 Å². The molecule has 3 fully saturated rings. The molecule has 6 nitrogen and oxygen atoms in total. The second kappa shape index (κ2) is 7.32. The van der Waals surface area contributed by atoms with Gasteiger partial charge in [-0.15, -0.1) is 0 Å². The third-order valence-corrected chi connectivity index (χ3v) is 11.3. The molecular formula is C22H34O6Si. The molecule has 0 bridgehead atoms. The van der Waals surface area contributed by atoms with Crippen LogP contribution >= 0.6 is 0 Å². The lowest BCUT2D eigenvalue weighted by Crippen LogP contribution is -2.68. The van der Waals surface area contributed by atoms with Gasteiger partial charge in [0.05, 0.1) is 20.3 Å². The molecule has 0 amide bonds. The number of ether oxygens (including phenoxy) is 4. The molecule has 3 saturated heterocycles. The Bertz CT molecular complexity index is 708. The van der Waals surface area contributed by atoms with Crippen molar-refractivity contribution in [3.63, 3.8) is 0 Å². The molecule has 3 aliphatic rings. The maximum Gasteiger partial charge on any atom is 0.349 e. The van der Waals surface area contributed by atoms with Crippen molar-refractivity contribution >= 4 is 8.56 Å². The van der Waals surface area contributed by atoms with Crippen LogP contribution in [0.4, 0.5) is 0 Å². The van der Waals surface area contributed by atoms with Crippen molar-refractivity contribution in [2.24, 2.45) is 0 Å². The van der Waals surface area contributed by atoms with Crippen molar-refractivity contribution in [2.75, 3.05) is 13.7 Å². The second-order valence-electron chi connectivity index (χ2n) is 10.3. The third kappa shape index (κ3) is 3.77. The van der Waals surface area contributed by atoms with Gasteiger partial charge in [-0.3, -0.25) is 0 Å². The smallest absolute Gasteiger partial charge is 0.349 e. The molecule has 0 saturated carbocycles. The highest BCUT2D eigenvalue weighted by Crippen LogP contribution is 2.56. The molecule has 162 valence electrons. The minimum Gasteiger partial charge on any atom is -0.497 e. The molecule has 3 aliphatic heterocycles. The van der Waals surface area contributed by atoms with Crippen molar-refractivity contribution < 1.29 is 27.8 Å². The second-order valence-corrected chi connectivity index (χ2v) is 15.0. The van der Waals surface area contributed by atoms with Crippen molar-refractivity contribution in [1.82, 2.24) is 0 Å². The molecule has 0 aliphatic carbocycles. The van der Waals surface area contributed by atoms with Crippen LogP contribution in [-0.2, 0) is 29.7 Å². The van der Waals surface area contributed by atoms with Crippen LogP contribution in [0.3, 0.4) is 0 Å². The quantitative estimate of drug-likeness (QED) is 0.536. The summed E-state index contributed by atoms with van der Waals surface area (Å²) in [7, 11) is -0.932. The summed E-state index contributed by atoms with van der Waals surface area (Å²) < 4.78 is 36.9. The van der Waals surface area contributed by atoms with E-state index < -0.39 is 8.56 Å². The van der Waals surface area contributed by atoms with Gasteiger partial charge in [-0.25, -0.2) is 0 Å². The number of hydrogen-bond donors (Lipinski definition) is 0. The van der Waals surface area contributed by atoms with Crippen LogP contribution in [0.2, 0.25) is 10.1 Å². The first-order chi connectivity index (χ1) is 13.6. The lowest BCUT2D eigenvalue weighted by Gasteiger charge is -2.56. The number of epoxide rings is 1. The van der Waals surface area contributed by atoms with E-state index in [1.165, 1.54) is 0 Å². The molecule has 4 rings (SSSR count). The monoisotopic (exact) mass is 422 g/mol. The van der Waals surface area contributed by atoms with E-state index in [1.54, 1.807) is 7.11 Å². The van der Waals surface area contributed by atoms with Gasteiger partial charge in [0.2, 0.25) is 0 Å². The number of hydrogen-bond acceptors (Lipinski definition) is 6. The first-order valence-electron chi connectivity index (χ1n) is 10.4. The lowest BCUT2D eigenvalue weighted by atomic mass is 10.0. The van der Waals surface area contributed by atoms with Gasteiger partial charge in [0.25, 0.3) is 0 Å². The summed E-state index contributed by atoms with van der Waals surface area (Å²) in [6, 6.07) is 7.94. The molecule has 1 aromatic carbocycles. The minimum absolute atomic E-state index is 0.0702. The summed E-state index contributed by atoms with van der Waals surface area (Å²) in [6.45, 7) is 14.3. The Morgan fingerprint density at radius 1 is 0.966 bits per heavy atom. The predicted molar refractivity (Wildman–Crippen MR) is 111 cm³/mol. The summed E-state index contributed by atoms with van der Waals surface area (Å²) >= 11 is 0. The summed E-state index contributed by atoms with van der Waals surface area (Å²) in [4.78, 5) is 0. The molecular weight excluding hydrogens is 388 g/mol. The molecule has 3 heterocycles. The molecule has 0 aromatic heterocycles. The lowest BCUT2D eigenvalue weighted by molar-refractivity contribution is -0.186. The van der Waals surface area contributed by atoms with Gasteiger partial charge in [-0.1, -0.05) is 53.7 Å². The van der Waals surface area contributed by atoms with Gasteiger partial charge in [0.15, 0.2) is 6.29 Å². The molecule has 0 radical (unpaired) electrons. The van der Waals surface area contributed by atoms with Crippen molar-refractivity contribution in [2.45, 2.75) is 88.9 Å². The highest BCUT2D eigenvalue weighted by molar-refractivity contribution is 6.73. The zero-order chi connectivity index (χ0) is 21.0. The molecule has 0 unspecified atom stereocenters. The van der Waals surface area contributed by atoms with Crippen LogP contribution in [-0.4, -0.2) is 53.0 Å². The van der Waals surface area contributed by atoms with Gasteiger partial charge in [-0.05, 0) is 17.7 Å². The Labute approximate surface area is 175 Å². The van der Waals surface area contributed by atoms with Crippen LogP contribution in [0, 0.1) is 0 Å². The maximum atomic E-state index is 6.91. The van der Waals surface area contributed by atoms with Crippen LogP contribution in [0.15, 0.2) is 24.3 Å². The van der Waals surface area contributed by atoms with E-state index in [1.807, 2.05) is 24.3 Å². The first kappa shape index (κ1) is 21.3. The fraction of sp³-hybridized carbons (Fsp3) is 0.727. The van der Waals surface area contributed by atoms with Crippen LogP contribution < -0.4 is 4.74 Å². The highest BCUT2D eigenvalue weighted by atomic mass is 28.4. The Balaban J connectivity index is 1.54. The summed E-state index contributed by atoms with van der Waals surface area (Å²) in [5, 5.41) is -0.171. The van der Waals surface area contributed by atoms with E-state index in [4.69, 9.17) is 27.8 Å². The van der Waals surface area contributed by atoms with Gasteiger partial charge in [-0.2, -0.15) is 0 Å². The van der Waals surface area contributed by atoms with E-state index in [2.05, 4.69) is 41.5 Å². The van der Waals surface area contributed by atoms with E-state index in [0.717, 1.165) is 11.3 Å². The average Bonchev–Trinajstić information content (AvgIpc) is 3.42. The topological polar surface area (TPSA) is 58.7 Å². The number of benzene rings is 1. The van der Waals surface area contributed by atoms with Crippen LogP contribution in [0.25, 0.3) is 0 Å². The van der Waals surface area contributed by atoms with Gasteiger partial charge in [0, 0.05) is 10.1 Å². The Hall–Kier alpha value is -0.963. The Morgan fingerprint density at radius 3 is 2.21 bits per heavy atom. The number of fused-ring (bicyclic) bond motifs is 2. The van der Waals surface area contributed by atoms with Gasteiger partial charge >= 0.3 is 8.56 Å². The van der Waals surface area contributed by atoms with Crippen LogP contribution in [0.5, 0.6) is 5.75 Å². The molecule has 5 atom stereocenters. The molecule has 29 heavy (non-hydrogen) atoms. The van der Waals surface area contributed by atoms with E-state index in [9.17, 15) is 0 Å². The third-order valence-electron chi connectivity index (χ3n) is 6.14. The number of rotatable bonds is 4. The van der Waals surface area contributed by atoms with E-state index in [0.29, 0.717) is 13.2 Å². The fourth-order valence-corrected chi connectivity index (χ4v) is 9.78. The van der Waals surface area contributed by atoms with Crippen molar-refractivity contribution in [1.29, 1.82) is 0 Å². The minimum atomic E-state index is -2.60. The normalized spacial score (nSPS) is 33.6. The standard InChI is InChI=1S/C22H34O6Si/c1-21(2,3)29(22(4,5)6)25-13-16-17(28-29)18(19-20(26-16)27-19)24-12-14-8-10-15(23-7)11-9-14/h8-11,16-20H,12-13H2,1-7H3/t16-,17+,18+,19-,20-/m1/s1. The summed E-state index contributed by atoms with van der Waals surface area (Å²) in [6.07, 6.45) is -0.788. The highest BCUT2D eigenvalue weighted by Gasteiger charge is 2.67. The van der Waals surface area contributed by atoms with Gasteiger partial charge < -0.3 is 27.8 Å². The van der Waals surface area contributed by atoms with E-state index in [-0.39, 0.29) is 40.8 Å². The SMILES string of the molecule is COc1ccc(CO[C@H]2[C@H]3O[Si](C(C)(C)C)(C(C)(C)C)OC[C@H]3O[C@@H]3O[C@@H]32)cc1. The number of methoxy groups -OCH3 is 1. The molecule has 0 N–H and O–H groups in total. The van der Waals surface area contributed by atoms with Crippen molar-refractivity contribution in [3.05, 3.63) is 29.8 Å². The largest absolute Gasteiger partial charge is 0.497 e. The maximum absolute atomic E-state index is 6.91. The first-order valence-corrected chi connectivity index (χ1v) is 12.2. The summed E-state index contributed by atoms with van der Waals surface area (Å²) in [5.41, 5.74) is 1.09. The van der Waals surface area contributed by atoms with Crippen molar-refractivity contribution in [3.8, 4) is 5.75 Å². The molecule has 0 spiro atoms. The summed E-state index contributed by atoms with van der Waals surface area (Å²) in [5.74, 6) is 0.837. The average molecular weight is 423 g/mol. The van der Waals surface area contributed by atoms with E-state index >= 15 is 0 Å². The predicted octanol–water partition coefficient (Wildman–Crippen LogP) is 4.16. The Morgan fingerprint density at radius 2 is 1.62 bits per heavy atom. The molecule has 1 aromatic rings. The molecule has 7 heteroatoms. The zero-order valence-electron chi connectivity index (χ0n) is 18.6. The van der Waals surface area contributed by atoms with Gasteiger partial charge in [0.1, 0.15) is 30.2 Å². The zero-order valence-corrected chi connectivity index (χ0v) is 19.6. The Kier molecular flexibility index (Phi) is 5.37. The fourth-order valence-electron chi connectivity index (χ4n) is 4.82.